The minimum Gasteiger partial charge on any atom is -0.325 e. The fourth-order valence-electron chi connectivity index (χ4n) is 3.97. The van der Waals surface area contributed by atoms with Gasteiger partial charge in [-0.15, -0.1) is 0 Å². The summed E-state index contributed by atoms with van der Waals surface area (Å²) in [7, 11) is 0. The van der Waals surface area contributed by atoms with Gasteiger partial charge in [-0.25, -0.2) is 14.9 Å². The lowest BCUT2D eigenvalue weighted by molar-refractivity contribution is -0.124. The normalized spacial score (nSPS) is 16.6. The van der Waals surface area contributed by atoms with Crippen LogP contribution in [0.1, 0.15) is 29.7 Å². The van der Waals surface area contributed by atoms with Gasteiger partial charge in [0.05, 0.1) is 11.4 Å². The summed E-state index contributed by atoms with van der Waals surface area (Å²) < 4.78 is 0. The second kappa shape index (κ2) is 9.03. The number of aryl methyl sites for hydroxylation is 1. The number of nitrogens with zero attached hydrogens (tertiary/aromatic N) is 3. The van der Waals surface area contributed by atoms with Crippen LogP contribution in [0.3, 0.4) is 0 Å². The van der Waals surface area contributed by atoms with E-state index < -0.39 is 6.04 Å². The van der Waals surface area contributed by atoms with Crippen molar-refractivity contribution >= 4 is 46.0 Å². The standard InChI is InChI=1S/C26H22N4O2S/c1-2-17-10-6-8-14-20(17)27-22(31)16-33-26-28-21-15-9-7-13-19(21)24-29-23(25(32)30(24)26)18-11-4-3-5-12-18/h3-15,23H,2,16H2,1H3,(H,27,31). The molecule has 3 aromatic rings. The zero-order valence-electron chi connectivity index (χ0n) is 18.1. The van der Waals surface area contributed by atoms with Crippen LogP contribution >= 0.6 is 11.8 Å². The van der Waals surface area contributed by atoms with Gasteiger partial charge in [-0.05, 0) is 35.7 Å². The van der Waals surface area contributed by atoms with Gasteiger partial charge in [-0.1, -0.05) is 79.3 Å². The number of carbonyl (C=O) groups excluding carboxylic acids is 2. The number of para-hydroxylation sites is 2. The highest BCUT2D eigenvalue weighted by Crippen LogP contribution is 2.37. The lowest BCUT2D eigenvalue weighted by Gasteiger charge is -2.25. The van der Waals surface area contributed by atoms with Crippen molar-refractivity contribution < 1.29 is 9.59 Å². The van der Waals surface area contributed by atoms with Crippen LogP contribution in [-0.2, 0) is 16.0 Å². The molecule has 0 aromatic heterocycles. The number of hydrogen-bond acceptors (Lipinski definition) is 5. The predicted octanol–water partition coefficient (Wildman–Crippen LogP) is 4.95. The van der Waals surface area contributed by atoms with Gasteiger partial charge < -0.3 is 5.32 Å². The van der Waals surface area contributed by atoms with Crippen molar-refractivity contribution in [1.29, 1.82) is 0 Å². The molecule has 2 aliphatic rings. The topological polar surface area (TPSA) is 74.1 Å². The van der Waals surface area contributed by atoms with Crippen LogP contribution in [-0.4, -0.2) is 33.5 Å². The molecule has 0 radical (unpaired) electrons. The van der Waals surface area contributed by atoms with Crippen LogP contribution in [0.25, 0.3) is 0 Å². The largest absolute Gasteiger partial charge is 0.325 e. The van der Waals surface area contributed by atoms with Crippen LogP contribution in [0, 0.1) is 0 Å². The monoisotopic (exact) mass is 454 g/mol. The first-order chi connectivity index (χ1) is 16.2. The molecular formula is C26H22N4O2S. The number of amides is 2. The first-order valence-electron chi connectivity index (χ1n) is 10.8. The fourth-order valence-corrected chi connectivity index (χ4v) is 4.77. The van der Waals surface area contributed by atoms with Crippen LogP contribution in [0.15, 0.2) is 88.8 Å². The second-order valence-corrected chi connectivity index (χ2v) is 8.64. The number of rotatable bonds is 5. The zero-order valence-corrected chi connectivity index (χ0v) is 18.9. The molecule has 2 aliphatic heterocycles. The Morgan fingerprint density at radius 1 is 1.00 bits per heavy atom. The third-order valence-corrected chi connectivity index (χ3v) is 6.53. The highest BCUT2D eigenvalue weighted by molar-refractivity contribution is 8.14. The van der Waals surface area contributed by atoms with Crippen molar-refractivity contribution in [1.82, 2.24) is 4.90 Å². The molecule has 1 unspecified atom stereocenters. The molecule has 0 saturated carbocycles. The van der Waals surface area contributed by atoms with Crippen molar-refractivity contribution in [3.63, 3.8) is 0 Å². The van der Waals surface area contributed by atoms with Gasteiger partial charge in [0.1, 0.15) is 5.84 Å². The van der Waals surface area contributed by atoms with E-state index in [9.17, 15) is 9.59 Å². The van der Waals surface area contributed by atoms with Gasteiger partial charge in [0, 0.05) is 11.3 Å². The van der Waals surface area contributed by atoms with Crippen LogP contribution < -0.4 is 5.32 Å². The molecule has 1 atom stereocenters. The molecule has 33 heavy (non-hydrogen) atoms. The Balaban J connectivity index is 1.40. The average Bonchev–Trinajstić information content (AvgIpc) is 3.21. The number of carbonyl (C=O) groups is 2. The third-order valence-electron chi connectivity index (χ3n) is 5.59. The number of fused-ring (bicyclic) bond motifs is 3. The SMILES string of the molecule is CCc1ccccc1NC(=O)CSC1=Nc2ccccc2C2=NC(c3ccccc3)C(=O)N12. The maximum absolute atomic E-state index is 13.4. The van der Waals surface area contributed by atoms with Gasteiger partial charge in [0.15, 0.2) is 11.2 Å². The van der Waals surface area contributed by atoms with Crippen molar-refractivity contribution in [3.05, 3.63) is 95.6 Å². The van der Waals surface area contributed by atoms with E-state index in [0.717, 1.165) is 34.5 Å². The first-order valence-corrected chi connectivity index (χ1v) is 11.8. The third kappa shape index (κ3) is 4.07. The summed E-state index contributed by atoms with van der Waals surface area (Å²) >= 11 is 1.24. The average molecular weight is 455 g/mol. The molecule has 3 aromatic carbocycles. The van der Waals surface area contributed by atoms with Gasteiger partial charge in [-0.3, -0.25) is 9.59 Å². The van der Waals surface area contributed by atoms with Crippen LogP contribution in [0.5, 0.6) is 0 Å². The molecule has 2 heterocycles. The van der Waals surface area contributed by atoms with Crippen molar-refractivity contribution in [3.8, 4) is 0 Å². The lowest BCUT2D eigenvalue weighted by atomic mass is 10.1. The number of thioether (sulfide) groups is 1. The maximum atomic E-state index is 13.4. The van der Waals surface area contributed by atoms with Crippen molar-refractivity contribution in [2.45, 2.75) is 19.4 Å². The number of nitrogens with one attached hydrogen (secondary N) is 1. The molecule has 0 spiro atoms. The van der Waals surface area contributed by atoms with E-state index in [1.807, 2.05) is 78.9 Å². The molecule has 7 heteroatoms. The molecule has 5 rings (SSSR count). The predicted molar refractivity (Wildman–Crippen MR) is 133 cm³/mol. The summed E-state index contributed by atoms with van der Waals surface area (Å²) in [6.45, 7) is 2.05. The number of anilines is 1. The summed E-state index contributed by atoms with van der Waals surface area (Å²) in [6, 6.07) is 24.3. The second-order valence-electron chi connectivity index (χ2n) is 7.70. The molecule has 0 saturated heterocycles. The molecular weight excluding hydrogens is 432 g/mol. The quantitative estimate of drug-likeness (QED) is 0.593. The van der Waals surface area contributed by atoms with E-state index in [1.165, 1.54) is 11.8 Å². The Labute approximate surface area is 196 Å². The summed E-state index contributed by atoms with van der Waals surface area (Å²) in [5, 5.41) is 3.44. The molecule has 0 aliphatic carbocycles. The number of aliphatic imine (C=N–C) groups is 2. The first kappa shape index (κ1) is 21.2. The summed E-state index contributed by atoms with van der Waals surface area (Å²) in [5.74, 6) is 0.408. The molecule has 2 amide bonds. The summed E-state index contributed by atoms with van der Waals surface area (Å²) in [6.07, 6.45) is 0.829. The van der Waals surface area contributed by atoms with Gasteiger partial charge >= 0.3 is 0 Å². The highest BCUT2D eigenvalue weighted by atomic mass is 32.2. The lowest BCUT2D eigenvalue weighted by Crippen LogP contribution is -2.40. The minimum atomic E-state index is -0.622. The Bertz CT molecular complexity index is 1290. The van der Waals surface area contributed by atoms with E-state index in [-0.39, 0.29) is 17.6 Å². The fraction of sp³-hybridized carbons (Fsp3) is 0.154. The zero-order chi connectivity index (χ0) is 22.8. The van der Waals surface area contributed by atoms with Gasteiger partial charge in [0.2, 0.25) is 5.91 Å². The Kier molecular flexibility index (Phi) is 5.79. The molecule has 1 N–H and O–H groups in total. The maximum Gasteiger partial charge on any atom is 0.263 e. The van der Waals surface area contributed by atoms with Crippen LogP contribution in [0.2, 0.25) is 0 Å². The van der Waals surface area contributed by atoms with E-state index in [4.69, 9.17) is 9.98 Å². The van der Waals surface area contributed by atoms with Crippen molar-refractivity contribution in [2.75, 3.05) is 11.1 Å². The molecule has 164 valence electrons. The van der Waals surface area contributed by atoms with E-state index in [2.05, 4.69) is 12.2 Å². The van der Waals surface area contributed by atoms with Crippen LogP contribution in [0.4, 0.5) is 11.4 Å². The van der Waals surface area contributed by atoms with E-state index in [0.29, 0.717) is 11.0 Å². The smallest absolute Gasteiger partial charge is 0.263 e. The minimum absolute atomic E-state index is 0.131. The molecule has 0 bridgehead atoms. The number of amidine groups is 2. The van der Waals surface area contributed by atoms with Gasteiger partial charge in [0.25, 0.3) is 5.91 Å². The number of benzene rings is 3. The Hall–Kier alpha value is -3.71. The van der Waals surface area contributed by atoms with Gasteiger partial charge in [-0.2, -0.15) is 0 Å². The summed E-state index contributed by atoms with van der Waals surface area (Å²) in [5.41, 5.74) is 4.28. The molecule has 6 nitrogen and oxygen atoms in total. The Morgan fingerprint density at radius 3 is 2.55 bits per heavy atom. The number of hydrogen-bond donors (Lipinski definition) is 1. The highest BCUT2D eigenvalue weighted by Gasteiger charge is 2.42. The Morgan fingerprint density at radius 2 is 1.73 bits per heavy atom. The van der Waals surface area contributed by atoms with E-state index in [1.54, 1.807) is 4.90 Å². The van der Waals surface area contributed by atoms with Crippen molar-refractivity contribution in [2.24, 2.45) is 9.98 Å². The van der Waals surface area contributed by atoms with E-state index >= 15 is 0 Å². The molecule has 0 fully saturated rings. The summed E-state index contributed by atoms with van der Waals surface area (Å²) in [4.78, 5) is 37.1.